The quantitative estimate of drug-likeness (QED) is 0.470. The molecule has 0 radical (unpaired) electrons. The molecule has 4 heterocycles. The second-order valence-corrected chi connectivity index (χ2v) is 10.7. The first kappa shape index (κ1) is 23.0. The number of hydrogen-bond donors (Lipinski definition) is 0. The molecule has 34 heavy (non-hydrogen) atoms. The van der Waals surface area contributed by atoms with Crippen LogP contribution in [0, 0.1) is 11.8 Å². The molecule has 5 nitrogen and oxygen atoms in total. The SMILES string of the molecule is O=C(c1ccc(-c2ccc(C(F)(F)F)s2)cc1)N1CC(C2CCN(C(=O)c3nccs3)CC2)C1. The minimum absolute atomic E-state index is 0.000473. The molecule has 2 aromatic heterocycles. The highest BCUT2D eigenvalue weighted by Crippen LogP contribution is 2.38. The second-order valence-electron chi connectivity index (χ2n) is 8.68. The van der Waals surface area contributed by atoms with Crippen molar-refractivity contribution >= 4 is 34.5 Å². The van der Waals surface area contributed by atoms with E-state index in [2.05, 4.69) is 4.98 Å². The Morgan fingerprint density at radius 2 is 1.62 bits per heavy atom. The number of amides is 2. The maximum absolute atomic E-state index is 12.8. The zero-order valence-corrected chi connectivity index (χ0v) is 19.8. The molecule has 2 fully saturated rings. The molecule has 0 N–H and O–H groups in total. The summed E-state index contributed by atoms with van der Waals surface area (Å²) in [4.78, 5) is 33.0. The van der Waals surface area contributed by atoms with Crippen LogP contribution in [0.4, 0.5) is 13.2 Å². The summed E-state index contributed by atoms with van der Waals surface area (Å²) in [6.45, 7) is 2.83. The normalized spacial score (nSPS) is 17.6. The second kappa shape index (κ2) is 9.14. The van der Waals surface area contributed by atoms with Crippen molar-refractivity contribution in [1.29, 1.82) is 0 Å². The fourth-order valence-electron chi connectivity index (χ4n) is 4.62. The summed E-state index contributed by atoms with van der Waals surface area (Å²) in [6.07, 6.45) is -0.844. The fourth-order valence-corrected chi connectivity index (χ4v) is 6.10. The van der Waals surface area contributed by atoms with Gasteiger partial charge in [-0.1, -0.05) is 12.1 Å². The van der Waals surface area contributed by atoms with Gasteiger partial charge in [-0.25, -0.2) is 4.98 Å². The monoisotopic (exact) mass is 505 g/mol. The van der Waals surface area contributed by atoms with Gasteiger partial charge < -0.3 is 9.80 Å². The molecule has 5 rings (SSSR count). The molecule has 0 bridgehead atoms. The maximum atomic E-state index is 12.8. The number of benzene rings is 1. The van der Waals surface area contributed by atoms with Gasteiger partial charge in [0.05, 0.1) is 0 Å². The van der Waals surface area contributed by atoms with Crippen molar-refractivity contribution < 1.29 is 22.8 Å². The Labute approximate surface area is 202 Å². The zero-order valence-electron chi connectivity index (χ0n) is 18.1. The smallest absolute Gasteiger partial charge is 0.338 e. The zero-order chi connectivity index (χ0) is 23.9. The van der Waals surface area contributed by atoms with Crippen LogP contribution in [-0.4, -0.2) is 52.8 Å². The lowest BCUT2D eigenvalue weighted by molar-refractivity contribution is -0.134. The third kappa shape index (κ3) is 4.61. The lowest BCUT2D eigenvalue weighted by atomic mass is 9.79. The van der Waals surface area contributed by atoms with Crippen LogP contribution in [0.15, 0.2) is 48.0 Å². The third-order valence-electron chi connectivity index (χ3n) is 6.61. The van der Waals surface area contributed by atoms with Crippen LogP contribution >= 0.6 is 22.7 Å². The van der Waals surface area contributed by atoms with Gasteiger partial charge in [0, 0.05) is 48.2 Å². The largest absolute Gasteiger partial charge is 0.425 e. The number of thiazole rings is 1. The lowest BCUT2D eigenvalue weighted by Crippen LogP contribution is -2.54. The number of thiophene rings is 1. The average Bonchev–Trinajstić information content (AvgIpc) is 3.50. The number of alkyl halides is 3. The molecule has 0 saturated carbocycles. The van der Waals surface area contributed by atoms with Crippen LogP contribution in [0.25, 0.3) is 10.4 Å². The van der Waals surface area contributed by atoms with Crippen LogP contribution in [0.1, 0.15) is 37.9 Å². The highest BCUT2D eigenvalue weighted by Gasteiger charge is 2.38. The van der Waals surface area contributed by atoms with Crippen molar-refractivity contribution in [1.82, 2.24) is 14.8 Å². The van der Waals surface area contributed by atoms with Gasteiger partial charge in [0.2, 0.25) is 0 Å². The molecule has 0 spiro atoms. The van der Waals surface area contributed by atoms with E-state index in [1.807, 2.05) is 9.80 Å². The van der Waals surface area contributed by atoms with Crippen LogP contribution in [0.2, 0.25) is 0 Å². The van der Waals surface area contributed by atoms with Crippen LogP contribution in [0.3, 0.4) is 0 Å². The third-order valence-corrected chi connectivity index (χ3v) is 8.55. The van der Waals surface area contributed by atoms with Crippen molar-refractivity contribution in [2.24, 2.45) is 11.8 Å². The van der Waals surface area contributed by atoms with Crippen LogP contribution < -0.4 is 0 Å². The molecule has 0 aliphatic carbocycles. The Balaban J connectivity index is 1.12. The molecule has 10 heteroatoms. The fraction of sp³-hybridized carbons (Fsp3) is 0.375. The van der Waals surface area contributed by atoms with Crippen molar-refractivity contribution in [2.75, 3.05) is 26.2 Å². The highest BCUT2D eigenvalue weighted by atomic mass is 32.1. The van der Waals surface area contributed by atoms with Crippen molar-refractivity contribution in [3.8, 4) is 10.4 Å². The summed E-state index contributed by atoms with van der Waals surface area (Å²) in [5.74, 6) is 0.876. The minimum Gasteiger partial charge on any atom is -0.338 e. The molecular weight excluding hydrogens is 483 g/mol. The number of halogens is 3. The number of aromatic nitrogens is 1. The molecule has 0 unspecified atom stereocenters. The number of rotatable bonds is 4. The van der Waals surface area contributed by atoms with Gasteiger partial charge in [0.15, 0.2) is 5.01 Å². The van der Waals surface area contributed by atoms with Gasteiger partial charge in [-0.3, -0.25) is 9.59 Å². The summed E-state index contributed by atoms with van der Waals surface area (Å²) in [5.41, 5.74) is 1.20. The molecule has 2 saturated heterocycles. The Hall–Kier alpha value is -2.72. The first-order valence-electron chi connectivity index (χ1n) is 11.0. The standard InChI is InChI=1S/C24H22F3N3O2S2/c25-24(26,27)20-6-5-19(34-20)16-1-3-17(4-2-16)22(31)30-13-18(14-30)15-7-10-29(11-8-15)23(32)21-28-9-12-33-21/h1-6,9,12,15,18H,7-8,10-11,13-14H2. The summed E-state index contributed by atoms with van der Waals surface area (Å²) in [7, 11) is 0. The Bertz CT molecular complexity index is 1160. The highest BCUT2D eigenvalue weighted by molar-refractivity contribution is 7.15. The Morgan fingerprint density at radius 1 is 0.912 bits per heavy atom. The van der Waals surface area contributed by atoms with E-state index in [4.69, 9.17) is 0 Å². The molecule has 178 valence electrons. The first-order valence-corrected chi connectivity index (χ1v) is 12.7. The number of carbonyl (C=O) groups is 2. The van der Waals surface area contributed by atoms with Crippen LogP contribution in [-0.2, 0) is 6.18 Å². The lowest BCUT2D eigenvalue weighted by Gasteiger charge is -2.46. The van der Waals surface area contributed by atoms with E-state index >= 15 is 0 Å². The Kier molecular flexibility index (Phi) is 6.20. The Morgan fingerprint density at radius 3 is 2.21 bits per heavy atom. The van der Waals surface area contributed by atoms with Crippen molar-refractivity contribution in [2.45, 2.75) is 19.0 Å². The topological polar surface area (TPSA) is 53.5 Å². The summed E-state index contributed by atoms with van der Waals surface area (Å²) in [5, 5.41) is 2.34. The van der Waals surface area contributed by atoms with E-state index in [1.165, 1.54) is 17.4 Å². The molecule has 3 aromatic rings. The van der Waals surface area contributed by atoms with Gasteiger partial charge >= 0.3 is 6.18 Å². The molecule has 1 aromatic carbocycles. The number of nitrogens with zero attached hydrogens (tertiary/aromatic N) is 3. The van der Waals surface area contributed by atoms with Gasteiger partial charge in [-0.05, 0) is 54.5 Å². The van der Waals surface area contributed by atoms with Gasteiger partial charge in [0.1, 0.15) is 4.88 Å². The average molecular weight is 506 g/mol. The van der Waals surface area contributed by atoms with Gasteiger partial charge in [0.25, 0.3) is 11.8 Å². The minimum atomic E-state index is -4.35. The van der Waals surface area contributed by atoms with E-state index in [1.54, 1.807) is 35.8 Å². The van der Waals surface area contributed by atoms with Crippen molar-refractivity contribution in [3.63, 3.8) is 0 Å². The maximum Gasteiger partial charge on any atom is 0.425 e. The number of carbonyl (C=O) groups excluding carboxylic acids is 2. The van der Waals surface area contributed by atoms with Crippen molar-refractivity contribution in [3.05, 3.63) is 63.4 Å². The van der Waals surface area contributed by atoms with Gasteiger partial charge in [-0.2, -0.15) is 13.2 Å². The van der Waals surface area contributed by atoms with E-state index in [0.29, 0.717) is 70.4 Å². The predicted octanol–water partition coefficient (Wildman–Crippen LogP) is 5.51. The molecule has 2 aliphatic rings. The summed E-state index contributed by atoms with van der Waals surface area (Å²) < 4.78 is 38.5. The van der Waals surface area contributed by atoms with Crippen LogP contribution in [0.5, 0.6) is 0 Å². The summed E-state index contributed by atoms with van der Waals surface area (Å²) in [6, 6.07) is 9.30. The van der Waals surface area contributed by atoms with E-state index < -0.39 is 11.1 Å². The molecule has 0 atom stereocenters. The van der Waals surface area contributed by atoms with E-state index in [9.17, 15) is 22.8 Å². The molecule has 2 aliphatic heterocycles. The van der Waals surface area contributed by atoms with Gasteiger partial charge in [-0.15, -0.1) is 22.7 Å². The number of hydrogen-bond acceptors (Lipinski definition) is 5. The molecular formula is C24H22F3N3O2S2. The number of likely N-dealkylation sites (tertiary alicyclic amines) is 2. The van der Waals surface area contributed by atoms with E-state index in [0.717, 1.165) is 18.9 Å². The summed E-state index contributed by atoms with van der Waals surface area (Å²) >= 11 is 2.06. The van der Waals surface area contributed by atoms with E-state index in [-0.39, 0.29) is 11.8 Å². The number of piperidine rings is 1. The first-order chi connectivity index (χ1) is 16.3. The predicted molar refractivity (Wildman–Crippen MR) is 125 cm³/mol. The molecule has 2 amide bonds.